The second-order valence-corrected chi connectivity index (χ2v) is 10.5. The van der Waals surface area contributed by atoms with Gasteiger partial charge in [-0.3, -0.25) is 9.48 Å². The molecule has 1 aromatic heterocycles. The molecule has 0 N–H and O–H groups in total. The molecule has 2 aliphatic rings. The molecule has 1 amide bonds. The summed E-state index contributed by atoms with van der Waals surface area (Å²) >= 11 is 0. The molecule has 0 radical (unpaired) electrons. The fourth-order valence-electron chi connectivity index (χ4n) is 5.29. The SMILES string of the molecule is CC(C)OC(=O)[C@H]1CCCC(Oc2ccc(-c3cnn(C)c3COC(=O)N(C)C3CCCC3)cc2F)C1. The van der Waals surface area contributed by atoms with Crippen LogP contribution in [0, 0.1) is 11.7 Å². The van der Waals surface area contributed by atoms with Crippen molar-refractivity contribution in [1.29, 1.82) is 0 Å². The number of ether oxygens (including phenoxy) is 3. The van der Waals surface area contributed by atoms with E-state index in [1.807, 2.05) is 13.8 Å². The first-order valence-electron chi connectivity index (χ1n) is 13.3. The van der Waals surface area contributed by atoms with Gasteiger partial charge < -0.3 is 19.1 Å². The summed E-state index contributed by atoms with van der Waals surface area (Å²) < 4.78 is 33.7. The predicted molar refractivity (Wildman–Crippen MR) is 136 cm³/mol. The smallest absolute Gasteiger partial charge is 0.410 e. The molecule has 202 valence electrons. The maximum Gasteiger partial charge on any atom is 0.410 e. The Hall–Kier alpha value is -3.10. The monoisotopic (exact) mass is 515 g/mol. The predicted octanol–water partition coefficient (Wildman–Crippen LogP) is 5.63. The molecule has 4 rings (SSSR count). The Kier molecular flexibility index (Phi) is 8.71. The fourth-order valence-corrected chi connectivity index (χ4v) is 5.29. The lowest BCUT2D eigenvalue weighted by Crippen LogP contribution is -2.35. The molecule has 1 heterocycles. The lowest BCUT2D eigenvalue weighted by atomic mass is 9.87. The Morgan fingerprint density at radius 2 is 1.92 bits per heavy atom. The van der Waals surface area contributed by atoms with Crippen LogP contribution in [0.3, 0.4) is 0 Å². The summed E-state index contributed by atoms with van der Waals surface area (Å²) in [4.78, 5) is 26.5. The van der Waals surface area contributed by atoms with E-state index in [4.69, 9.17) is 14.2 Å². The number of hydrogen-bond acceptors (Lipinski definition) is 6. The minimum Gasteiger partial charge on any atom is -0.487 e. The summed E-state index contributed by atoms with van der Waals surface area (Å²) in [6.45, 7) is 3.70. The van der Waals surface area contributed by atoms with Gasteiger partial charge in [-0.2, -0.15) is 5.10 Å². The highest BCUT2D eigenvalue weighted by molar-refractivity contribution is 5.73. The molecule has 2 fully saturated rings. The number of aryl methyl sites for hydroxylation is 1. The van der Waals surface area contributed by atoms with Crippen molar-refractivity contribution in [3.8, 4) is 16.9 Å². The van der Waals surface area contributed by atoms with E-state index in [2.05, 4.69) is 5.10 Å². The minimum absolute atomic E-state index is 0.0392. The zero-order valence-electron chi connectivity index (χ0n) is 22.2. The molecule has 37 heavy (non-hydrogen) atoms. The molecule has 2 aliphatic carbocycles. The summed E-state index contributed by atoms with van der Waals surface area (Å²) in [7, 11) is 3.54. The third kappa shape index (κ3) is 6.62. The number of hydrogen-bond donors (Lipinski definition) is 0. The molecule has 0 aliphatic heterocycles. The first-order chi connectivity index (χ1) is 17.7. The van der Waals surface area contributed by atoms with E-state index in [0.29, 0.717) is 23.2 Å². The summed E-state index contributed by atoms with van der Waals surface area (Å²) in [5, 5.41) is 4.30. The van der Waals surface area contributed by atoms with Crippen molar-refractivity contribution in [2.75, 3.05) is 7.05 Å². The number of carbonyl (C=O) groups excluding carboxylic acids is 2. The van der Waals surface area contributed by atoms with Gasteiger partial charge in [-0.1, -0.05) is 18.9 Å². The lowest BCUT2D eigenvalue weighted by molar-refractivity contribution is -0.154. The van der Waals surface area contributed by atoms with Crippen LogP contribution in [-0.2, 0) is 27.9 Å². The van der Waals surface area contributed by atoms with Gasteiger partial charge in [0, 0.05) is 25.7 Å². The van der Waals surface area contributed by atoms with Gasteiger partial charge in [0.05, 0.1) is 30.0 Å². The van der Waals surface area contributed by atoms with Gasteiger partial charge in [0.1, 0.15) is 6.61 Å². The van der Waals surface area contributed by atoms with Crippen LogP contribution in [0.15, 0.2) is 24.4 Å². The van der Waals surface area contributed by atoms with Crippen molar-refractivity contribution in [3.63, 3.8) is 0 Å². The van der Waals surface area contributed by atoms with Crippen molar-refractivity contribution in [3.05, 3.63) is 35.9 Å². The summed E-state index contributed by atoms with van der Waals surface area (Å²) in [6, 6.07) is 5.02. The Balaban J connectivity index is 1.40. The first-order valence-corrected chi connectivity index (χ1v) is 13.3. The molecule has 0 spiro atoms. The minimum atomic E-state index is -0.489. The van der Waals surface area contributed by atoms with Crippen molar-refractivity contribution in [2.45, 2.75) is 90.1 Å². The van der Waals surface area contributed by atoms with Crippen LogP contribution in [0.1, 0.15) is 70.9 Å². The number of benzene rings is 1. The fraction of sp³-hybridized carbons (Fsp3) is 0.607. The molecule has 0 bridgehead atoms. The normalized spacial score (nSPS) is 20.2. The van der Waals surface area contributed by atoms with E-state index in [9.17, 15) is 9.59 Å². The highest BCUT2D eigenvalue weighted by Crippen LogP contribution is 2.33. The number of nitrogens with zero attached hydrogens (tertiary/aromatic N) is 3. The molecule has 0 saturated heterocycles. The quantitative estimate of drug-likeness (QED) is 0.424. The lowest BCUT2D eigenvalue weighted by Gasteiger charge is -2.29. The van der Waals surface area contributed by atoms with E-state index >= 15 is 4.39 Å². The van der Waals surface area contributed by atoms with Gasteiger partial charge in [0.15, 0.2) is 11.6 Å². The number of aromatic nitrogens is 2. The van der Waals surface area contributed by atoms with Gasteiger partial charge in [0.25, 0.3) is 0 Å². The number of carbonyl (C=O) groups is 2. The van der Waals surface area contributed by atoms with Gasteiger partial charge in [-0.25, -0.2) is 9.18 Å². The maximum absolute atomic E-state index is 15.1. The number of amides is 1. The van der Waals surface area contributed by atoms with E-state index in [1.165, 1.54) is 6.07 Å². The molecular weight excluding hydrogens is 477 g/mol. The van der Waals surface area contributed by atoms with Crippen molar-refractivity contribution in [1.82, 2.24) is 14.7 Å². The molecule has 8 nitrogen and oxygen atoms in total. The van der Waals surface area contributed by atoms with Crippen LogP contribution < -0.4 is 4.74 Å². The highest BCUT2D eigenvalue weighted by Gasteiger charge is 2.30. The molecule has 1 unspecified atom stereocenters. The van der Waals surface area contributed by atoms with Crippen LogP contribution in [0.4, 0.5) is 9.18 Å². The average molecular weight is 516 g/mol. The number of esters is 1. The van der Waals surface area contributed by atoms with Crippen LogP contribution in [0.5, 0.6) is 5.75 Å². The van der Waals surface area contributed by atoms with E-state index < -0.39 is 5.82 Å². The molecule has 2 aromatic rings. The molecule has 2 atom stereocenters. The first kappa shape index (κ1) is 26.9. The summed E-state index contributed by atoms with van der Waals surface area (Å²) in [5.74, 6) is -0.769. The second-order valence-electron chi connectivity index (χ2n) is 10.5. The Morgan fingerprint density at radius 3 is 2.62 bits per heavy atom. The van der Waals surface area contributed by atoms with E-state index in [1.54, 1.807) is 42.0 Å². The molecule has 9 heteroatoms. The van der Waals surface area contributed by atoms with Crippen LogP contribution in [0.25, 0.3) is 11.1 Å². The number of rotatable bonds is 8. The number of halogens is 1. The third-order valence-corrected chi connectivity index (χ3v) is 7.40. The van der Waals surface area contributed by atoms with Crippen LogP contribution >= 0.6 is 0 Å². The standard InChI is InChI=1S/C28H38FN3O5/c1-18(2)36-27(33)20-8-7-11-22(14-20)37-26-13-12-19(15-24(26)29)23-16-30-32(4)25(23)17-35-28(34)31(3)21-9-5-6-10-21/h12-13,15-16,18,20-22H,5-11,14,17H2,1-4H3/t20-,22?/m0/s1. The zero-order chi connectivity index (χ0) is 26.5. The highest BCUT2D eigenvalue weighted by atomic mass is 19.1. The van der Waals surface area contributed by atoms with Crippen LogP contribution in [0.2, 0.25) is 0 Å². The Bertz CT molecular complexity index is 1100. The van der Waals surface area contributed by atoms with Crippen molar-refractivity contribution in [2.24, 2.45) is 13.0 Å². The Labute approximate surface area is 218 Å². The summed E-state index contributed by atoms with van der Waals surface area (Å²) in [6.07, 6.45) is 8.00. The van der Waals surface area contributed by atoms with Crippen LogP contribution in [-0.4, -0.2) is 52.0 Å². The van der Waals surface area contributed by atoms with Gasteiger partial charge >= 0.3 is 12.1 Å². The van der Waals surface area contributed by atoms with Crippen molar-refractivity contribution < 1.29 is 28.2 Å². The maximum atomic E-state index is 15.1. The molecular formula is C28H38FN3O5. The zero-order valence-corrected chi connectivity index (χ0v) is 22.2. The Morgan fingerprint density at radius 1 is 1.16 bits per heavy atom. The van der Waals surface area contributed by atoms with E-state index in [-0.39, 0.29) is 48.6 Å². The third-order valence-electron chi connectivity index (χ3n) is 7.40. The summed E-state index contributed by atoms with van der Waals surface area (Å²) in [5.41, 5.74) is 1.99. The van der Waals surface area contributed by atoms with Gasteiger partial charge in [-0.05, 0) is 70.1 Å². The largest absolute Gasteiger partial charge is 0.487 e. The second kappa shape index (κ2) is 12.0. The molecule has 1 aromatic carbocycles. The van der Waals surface area contributed by atoms with Gasteiger partial charge in [0.2, 0.25) is 0 Å². The average Bonchev–Trinajstić information content (AvgIpc) is 3.53. The topological polar surface area (TPSA) is 82.9 Å². The van der Waals surface area contributed by atoms with Crippen molar-refractivity contribution >= 4 is 12.1 Å². The molecule has 2 saturated carbocycles. The van der Waals surface area contributed by atoms with Gasteiger partial charge in [-0.15, -0.1) is 0 Å². The van der Waals surface area contributed by atoms with E-state index in [0.717, 1.165) is 44.9 Å².